The highest BCUT2D eigenvalue weighted by Crippen LogP contribution is 2.37. The number of benzene rings is 2. The first-order valence-electron chi connectivity index (χ1n) is 9.91. The summed E-state index contributed by atoms with van der Waals surface area (Å²) in [7, 11) is 0. The highest BCUT2D eigenvalue weighted by atomic mass is 32.2. The summed E-state index contributed by atoms with van der Waals surface area (Å²) in [4.78, 5) is 17.2. The Morgan fingerprint density at radius 3 is 2.57 bits per heavy atom. The maximum Gasteiger partial charge on any atom is 0.227 e. The predicted octanol–water partition coefficient (Wildman–Crippen LogP) is 4.85. The van der Waals surface area contributed by atoms with E-state index in [-0.39, 0.29) is 11.8 Å². The molecule has 0 amide bonds. The van der Waals surface area contributed by atoms with Crippen LogP contribution in [0.15, 0.2) is 71.0 Å². The summed E-state index contributed by atoms with van der Waals surface area (Å²) in [6.07, 6.45) is 0. The van der Waals surface area contributed by atoms with Crippen molar-refractivity contribution in [2.75, 3.05) is 11.9 Å². The molecule has 6 nitrogen and oxygen atoms in total. The number of Topliss-reactive ketones (excluding diaryl/α,β-unsaturated/α-hetero) is 1. The summed E-state index contributed by atoms with van der Waals surface area (Å²) in [5.41, 5.74) is 3.68. The van der Waals surface area contributed by atoms with Gasteiger partial charge in [0.2, 0.25) is 11.1 Å². The second kappa shape index (κ2) is 8.75. The van der Waals surface area contributed by atoms with Gasteiger partial charge in [-0.05, 0) is 44.0 Å². The van der Waals surface area contributed by atoms with Crippen LogP contribution in [0.1, 0.15) is 37.9 Å². The van der Waals surface area contributed by atoms with E-state index in [1.54, 1.807) is 18.7 Å². The van der Waals surface area contributed by atoms with E-state index in [1.165, 1.54) is 5.56 Å². The van der Waals surface area contributed by atoms with Crippen LogP contribution in [0.4, 0.5) is 5.95 Å². The quantitative estimate of drug-likeness (QED) is 0.551. The monoisotopic (exact) mass is 420 g/mol. The van der Waals surface area contributed by atoms with Crippen molar-refractivity contribution in [1.82, 2.24) is 14.8 Å². The molecule has 1 unspecified atom stereocenters. The number of allylic oxidation sites excluding steroid dienone is 2. The standard InChI is InChI=1S/C23H24N4O2S/c1-4-29-19-12-10-18(11-13-19)21-20(16(3)28)15(2)24-22-25-23(26-27(21)22)30-14-17-8-6-5-7-9-17/h5-13,21H,4,14H2,1-3H3,(H,24,25,26). The normalized spacial score (nSPS) is 15.5. The fraction of sp³-hybridized carbons (Fsp3) is 0.261. The maximum atomic E-state index is 12.5. The van der Waals surface area contributed by atoms with Gasteiger partial charge in [0.25, 0.3) is 0 Å². The average molecular weight is 421 g/mol. The minimum Gasteiger partial charge on any atom is -0.494 e. The van der Waals surface area contributed by atoms with Gasteiger partial charge in [-0.15, -0.1) is 5.10 Å². The molecule has 7 heteroatoms. The molecule has 0 bridgehead atoms. The number of carbonyl (C=O) groups is 1. The van der Waals surface area contributed by atoms with Gasteiger partial charge >= 0.3 is 0 Å². The number of fused-ring (bicyclic) bond motifs is 1. The third kappa shape index (κ3) is 4.11. The fourth-order valence-electron chi connectivity index (χ4n) is 3.59. The molecule has 0 fully saturated rings. The lowest BCUT2D eigenvalue weighted by Gasteiger charge is -2.28. The highest BCUT2D eigenvalue weighted by molar-refractivity contribution is 7.98. The Kier molecular flexibility index (Phi) is 5.90. The molecule has 0 saturated heterocycles. The molecule has 0 radical (unpaired) electrons. The molecule has 1 aromatic heterocycles. The smallest absolute Gasteiger partial charge is 0.227 e. The maximum absolute atomic E-state index is 12.5. The SMILES string of the molecule is CCOc1ccc(C2C(C(C)=O)=C(C)Nc3nc(SCc4ccccc4)nn32)cc1. The Morgan fingerprint density at radius 1 is 1.17 bits per heavy atom. The summed E-state index contributed by atoms with van der Waals surface area (Å²) >= 11 is 1.58. The van der Waals surface area contributed by atoms with E-state index in [0.717, 1.165) is 22.8 Å². The van der Waals surface area contributed by atoms with Crippen LogP contribution in [0.3, 0.4) is 0 Å². The van der Waals surface area contributed by atoms with Crippen LogP contribution in [0.25, 0.3) is 0 Å². The number of hydrogen-bond acceptors (Lipinski definition) is 6. The molecule has 1 atom stereocenters. The fourth-order valence-corrected chi connectivity index (χ4v) is 4.38. The van der Waals surface area contributed by atoms with Gasteiger partial charge in [0.05, 0.1) is 6.61 Å². The van der Waals surface area contributed by atoms with E-state index >= 15 is 0 Å². The van der Waals surface area contributed by atoms with Crippen molar-refractivity contribution in [2.24, 2.45) is 0 Å². The number of hydrogen-bond donors (Lipinski definition) is 1. The zero-order valence-electron chi connectivity index (χ0n) is 17.3. The molecular formula is C23H24N4O2S. The number of ketones is 1. The molecule has 154 valence electrons. The predicted molar refractivity (Wildman–Crippen MR) is 119 cm³/mol. The average Bonchev–Trinajstić information content (AvgIpc) is 3.15. The van der Waals surface area contributed by atoms with E-state index in [9.17, 15) is 4.79 Å². The lowest BCUT2D eigenvalue weighted by atomic mass is 9.93. The summed E-state index contributed by atoms with van der Waals surface area (Å²) in [6, 6.07) is 17.7. The Balaban J connectivity index is 1.67. The van der Waals surface area contributed by atoms with Crippen LogP contribution in [0.5, 0.6) is 5.75 Å². The van der Waals surface area contributed by atoms with E-state index in [0.29, 0.717) is 23.3 Å². The number of nitrogens with zero attached hydrogens (tertiary/aromatic N) is 3. The van der Waals surface area contributed by atoms with Crippen molar-refractivity contribution in [3.63, 3.8) is 0 Å². The molecule has 0 aliphatic carbocycles. The van der Waals surface area contributed by atoms with E-state index in [1.807, 2.05) is 61.0 Å². The van der Waals surface area contributed by atoms with Gasteiger partial charge in [-0.2, -0.15) is 4.98 Å². The van der Waals surface area contributed by atoms with Crippen molar-refractivity contribution in [2.45, 2.75) is 37.7 Å². The molecule has 2 aromatic carbocycles. The Hall–Kier alpha value is -3.06. The molecule has 1 aliphatic rings. The minimum absolute atomic E-state index is 0.0125. The van der Waals surface area contributed by atoms with E-state index < -0.39 is 0 Å². The van der Waals surface area contributed by atoms with Crippen molar-refractivity contribution < 1.29 is 9.53 Å². The van der Waals surface area contributed by atoms with Crippen LogP contribution >= 0.6 is 11.8 Å². The van der Waals surface area contributed by atoms with Gasteiger partial charge in [-0.1, -0.05) is 54.2 Å². The number of aromatic nitrogens is 3. The van der Waals surface area contributed by atoms with Crippen LogP contribution < -0.4 is 10.1 Å². The third-order valence-corrected chi connectivity index (χ3v) is 5.84. The first-order chi connectivity index (χ1) is 14.6. The van der Waals surface area contributed by atoms with Crippen LogP contribution in [0, 0.1) is 0 Å². The molecule has 0 saturated carbocycles. The highest BCUT2D eigenvalue weighted by Gasteiger charge is 2.32. The van der Waals surface area contributed by atoms with Gasteiger partial charge in [0.15, 0.2) is 5.78 Å². The van der Waals surface area contributed by atoms with Crippen molar-refractivity contribution >= 4 is 23.5 Å². The second-order valence-electron chi connectivity index (χ2n) is 7.06. The van der Waals surface area contributed by atoms with Gasteiger partial charge in [-0.3, -0.25) is 4.79 Å². The zero-order chi connectivity index (χ0) is 21.1. The summed E-state index contributed by atoms with van der Waals surface area (Å²) in [5.74, 6) is 2.24. The Bertz CT molecular complexity index is 1070. The minimum atomic E-state index is -0.326. The van der Waals surface area contributed by atoms with E-state index in [2.05, 4.69) is 22.4 Å². The molecule has 1 aliphatic heterocycles. The van der Waals surface area contributed by atoms with Crippen LogP contribution in [-0.2, 0) is 10.5 Å². The van der Waals surface area contributed by atoms with Crippen LogP contribution in [0.2, 0.25) is 0 Å². The van der Waals surface area contributed by atoms with Crippen molar-refractivity contribution in [3.8, 4) is 5.75 Å². The van der Waals surface area contributed by atoms with Crippen LogP contribution in [-0.4, -0.2) is 27.2 Å². The first kappa shape index (κ1) is 20.2. The number of carbonyl (C=O) groups excluding carboxylic acids is 1. The molecule has 0 spiro atoms. The molecule has 4 rings (SSSR count). The molecule has 2 heterocycles. The molecule has 30 heavy (non-hydrogen) atoms. The largest absolute Gasteiger partial charge is 0.494 e. The molecular weight excluding hydrogens is 396 g/mol. The van der Waals surface area contributed by atoms with Crippen molar-refractivity contribution in [1.29, 1.82) is 0 Å². The van der Waals surface area contributed by atoms with E-state index in [4.69, 9.17) is 9.84 Å². The Morgan fingerprint density at radius 2 is 1.90 bits per heavy atom. The second-order valence-corrected chi connectivity index (χ2v) is 8.00. The number of anilines is 1. The number of ether oxygens (including phenoxy) is 1. The third-order valence-electron chi connectivity index (χ3n) is 4.93. The first-order valence-corrected chi connectivity index (χ1v) is 10.9. The summed E-state index contributed by atoms with van der Waals surface area (Å²) in [6.45, 7) is 6.07. The van der Waals surface area contributed by atoms with Gasteiger partial charge < -0.3 is 10.1 Å². The summed E-state index contributed by atoms with van der Waals surface area (Å²) < 4.78 is 7.37. The lowest BCUT2D eigenvalue weighted by molar-refractivity contribution is -0.114. The van der Waals surface area contributed by atoms with Gasteiger partial charge in [0, 0.05) is 17.0 Å². The number of rotatable bonds is 7. The molecule has 3 aromatic rings. The van der Waals surface area contributed by atoms with Gasteiger partial charge in [0.1, 0.15) is 11.8 Å². The molecule has 1 N–H and O–H groups in total. The Labute approximate surface area is 180 Å². The lowest BCUT2D eigenvalue weighted by Crippen LogP contribution is -2.27. The number of thioether (sulfide) groups is 1. The van der Waals surface area contributed by atoms with Gasteiger partial charge in [-0.25, -0.2) is 4.68 Å². The zero-order valence-corrected chi connectivity index (χ0v) is 18.1. The summed E-state index contributed by atoms with van der Waals surface area (Å²) in [5, 5.41) is 8.67. The van der Waals surface area contributed by atoms with Crippen molar-refractivity contribution in [3.05, 3.63) is 77.0 Å². The number of nitrogens with one attached hydrogen (secondary N) is 1. The topological polar surface area (TPSA) is 69.0 Å².